The van der Waals surface area contributed by atoms with Crippen molar-refractivity contribution in [1.29, 1.82) is 5.26 Å². The maximum atomic E-state index is 12.4. The van der Waals surface area contributed by atoms with Crippen molar-refractivity contribution in [3.63, 3.8) is 0 Å². The molecule has 0 radical (unpaired) electrons. The van der Waals surface area contributed by atoms with Crippen LogP contribution in [0.3, 0.4) is 0 Å². The van der Waals surface area contributed by atoms with Crippen LogP contribution in [0.25, 0.3) is 0 Å². The number of rotatable bonds is 5. The number of aromatic nitrogens is 1. The van der Waals surface area contributed by atoms with Crippen molar-refractivity contribution in [2.75, 3.05) is 51.3 Å². The number of ether oxygens (including phenoxy) is 1. The Morgan fingerprint density at radius 1 is 1.17 bits per heavy atom. The third kappa shape index (κ3) is 4.67. The van der Waals surface area contributed by atoms with Gasteiger partial charge in [0.1, 0.15) is 11.9 Å². The first-order chi connectivity index (χ1) is 14.1. The van der Waals surface area contributed by atoms with E-state index in [4.69, 9.17) is 9.72 Å². The summed E-state index contributed by atoms with van der Waals surface area (Å²) in [4.78, 5) is 32.8. The summed E-state index contributed by atoms with van der Waals surface area (Å²) in [6, 6.07) is 2.37. The summed E-state index contributed by atoms with van der Waals surface area (Å²) in [5, 5.41) is 12.4. The number of carbonyl (C=O) groups is 2. The lowest BCUT2D eigenvalue weighted by atomic mass is 9.88. The van der Waals surface area contributed by atoms with Gasteiger partial charge in [-0.25, -0.2) is 4.98 Å². The Labute approximate surface area is 171 Å². The second-order valence-corrected chi connectivity index (χ2v) is 7.55. The molecule has 0 bridgehead atoms. The quantitative estimate of drug-likeness (QED) is 0.585. The van der Waals surface area contributed by atoms with E-state index in [1.165, 1.54) is 5.56 Å². The van der Waals surface area contributed by atoms with Gasteiger partial charge in [-0.1, -0.05) is 0 Å². The number of amides is 2. The van der Waals surface area contributed by atoms with Gasteiger partial charge in [-0.15, -0.1) is 0 Å². The summed E-state index contributed by atoms with van der Waals surface area (Å²) >= 11 is 0. The molecule has 0 unspecified atom stereocenters. The van der Waals surface area contributed by atoms with Crippen molar-refractivity contribution in [2.45, 2.75) is 39.0 Å². The Morgan fingerprint density at radius 2 is 1.86 bits per heavy atom. The molecule has 8 heteroatoms. The van der Waals surface area contributed by atoms with Gasteiger partial charge in [0, 0.05) is 52.1 Å². The van der Waals surface area contributed by atoms with Gasteiger partial charge >= 0.3 is 11.8 Å². The van der Waals surface area contributed by atoms with E-state index >= 15 is 0 Å². The third-order valence-electron chi connectivity index (χ3n) is 5.69. The molecule has 0 spiro atoms. The van der Waals surface area contributed by atoms with E-state index in [9.17, 15) is 14.9 Å². The minimum Gasteiger partial charge on any atom is -0.385 e. The molecule has 2 aliphatic rings. The molecule has 156 valence electrons. The molecule has 2 amide bonds. The smallest absolute Gasteiger partial charge is 0.312 e. The standard InChI is InChI=1S/C21H29N5O3/c1-15-16-6-3-4-7-17(16)18(14-22)19(24-15)25-9-11-26(12-10-25)21(28)20(27)23-8-5-13-29-2/h3-13H2,1-2H3,(H,23,27). The van der Waals surface area contributed by atoms with Crippen LogP contribution in [0.4, 0.5) is 5.82 Å². The van der Waals surface area contributed by atoms with Crippen molar-refractivity contribution < 1.29 is 14.3 Å². The van der Waals surface area contributed by atoms with Crippen molar-refractivity contribution in [3.05, 3.63) is 22.4 Å². The summed E-state index contributed by atoms with van der Waals surface area (Å²) in [7, 11) is 1.60. The molecule has 0 saturated carbocycles. The average Bonchev–Trinajstić information content (AvgIpc) is 2.76. The molecule has 8 nitrogen and oxygen atoms in total. The highest BCUT2D eigenvalue weighted by atomic mass is 16.5. The van der Waals surface area contributed by atoms with Crippen LogP contribution >= 0.6 is 0 Å². The Kier molecular flexibility index (Phi) is 7.04. The van der Waals surface area contributed by atoms with Crippen molar-refractivity contribution in [2.24, 2.45) is 0 Å². The van der Waals surface area contributed by atoms with Crippen LogP contribution in [0, 0.1) is 18.3 Å². The predicted molar refractivity (Wildman–Crippen MR) is 109 cm³/mol. The topological polar surface area (TPSA) is 98.6 Å². The highest BCUT2D eigenvalue weighted by Gasteiger charge is 2.29. The fourth-order valence-electron chi connectivity index (χ4n) is 4.10. The lowest BCUT2D eigenvalue weighted by molar-refractivity contribution is -0.146. The van der Waals surface area contributed by atoms with Crippen molar-refractivity contribution in [1.82, 2.24) is 15.2 Å². The zero-order valence-corrected chi connectivity index (χ0v) is 17.3. The number of nitrogens with one attached hydrogen (secondary N) is 1. The first kappa shape index (κ1) is 21.1. The molecule has 0 atom stereocenters. The lowest BCUT2D eigenvalue weighted by Gasteiger charge is -2.36. The fraction of sp³-hybridized carbons (Fsp3) is 0.619. The van der Waals surface area contributed by atoms with Crippen LogP contribution in [0.2, 0.25) is 0 Å². The zero-order valence-electron chi connectivity index (χ0n) is 17.3. The maximum absolute atomic E-state index is 12.4. The first-order valence-corrected chi connectivity index (χ1v) is 10.3. The Balaban J connectivity index is 1.64. The molecule has 1 saturated heterocycles. The fourth-order valence-corrected chi connectivity index (χ4v) is 4.10. The summed E-state index contributed by atoms with van der Waals surface area (Å²) in [6.07, 6.45) is 4.84. The molecule has 3 rings (SSSR count). The summed E-state index contributed by atoms with van der Waals surface area (Å²) in [5.41, 5.74) is 4.06. The van der Waals surface area contributed by atoms with E-state index in [0.29, 0.717) is 51.3 Å². The van der Waals surface area contributed by atoms with Crippen LogP contribution in [-0.4, -0.2) is 68.1 Å². The second-order valence-electron chi connectivity index (χ2n) is 7.55. The van der Waals surface area contributed by atoms with Crippen LogP contribution in [0.15, 0.2) is 0 Å². The predicted octanol–water partition coefficient (Wildman–Crippen LogP) is 0.942. The molecule has 1 aromatic rings. The summed E-state index contributed by atoms with van der Waals surface area (Å²) < 4.78 is 4.94. The number of fused-ring (bicyclic) bond motifs is 1. The van der Waals surface area contributed by atoms with Crippen LogP contribution in [-0.2, 0) is 27.2 Å². The van der Waals surface area contributed by atoms with Gasteiger partial charge in [0.05, 0.1) is 5.56 Å². The number of piperazine rings is 1. The van der Waals surface area contributed by atoms with E-state index < -0.39 is 11.8 Å². The van der Waals surface area contributed by atoms with E-state index in [1.54, 1.807) is 12.0 Å². The SMILES string of the molecule is COCCCNC(=O)C(=O)N1CCN(c2nc(C)c3c(c2C#N)CCCC3)CC1. The number of aryl methyl sites for hydroxylation is 1. The average molecular weight is 399 g/mol. The number of carbonyl (C=O) groups excluding carboxylic acids is 2. The van der Waals surface area contributed by atoms with Gasteiger partial charge in [-0.05, 0) is 50.2 Å². The summed E-state index contributed by atoms with van der Waals surface area (Å²) in [6.45, 7) is 4.97. The van der Waals surface area contributed by atoms with Crippen molar-refractivity contribution >= 4 is 17.6 Å². The van der Waals surface area contributed by atoms with E-state index in [1.807, 2.05) is 6.92 Å². The Hall–Kier alpha value is -2.66. The minimum atomic E-state index is -0.574. The Morgan fingerprint density at radius 3 is 2.52 bits per heavy atom. The largest absolute Gasteiger partial charge is 0.385 e. The zero-order chi connectivity index (χ0) is 20.8. The van der Waals surface area contributed by atoms with Crippen LogP contribution in [0.1, 0.15) is 41.6 Å². The number of hydrogen-bond acceptors (Lipinski definition) is 6. The molecule has 1 aliphatic carbocycles. The monoisotopic (exact) mass is 399 g/mol. The summed E-state index contributed by atoms with van der Waals surface area (Å²) in [5.74, 6) is -0.353. The third-order valence-corrected chi connectivity index (χ3v) is 5.69. The van der Waals surface area contributed by atoms with Gasteiger partial charge in [0.2, 0.25) is 0 Å². The molecular formula is C21H29N5O3. The normalized spacial score (nSPS) is 16.2. The maximum Gasteiger partial charge on any atom is 0.312 e. The van der Waals surface area contributed by atoms with Gasteiger partial charge in [0.25, 0.3) is 0 Å². The number of nitriles is 1. The number of nitrogens with zero attached hydrogens (tertiary/aromatic N) is 4. The second kappa shape index (κ2) is 9.70. The number of pyridine rings is 1. The van der Waals surface area contributed by atoms with E-state index in [-0.39, 0.29) is 0 Å². The molecular weight excluding hydrogens is 370 g/mol. The number of anilines is 1. The number of hydrogen-bond donors (Lipinski definition) is 1. The highest BCUT2D eigenvalue weighted by Crippen LogP contribution is 2.32. The lowest BCUT2D eigenvalue weighted by Crippen LogP contribution is -2.53. The molecule has 1 N–H and O–H groups in total. The van der Waals surface area contributed by atoms with Crippen LogP contribution in [0.5, 0.6) is 0 Å². The van der Waals surface area contributed by atoms with Crippen molar-refractivity contribution in [3.8, 4) is 6.07 Å². The molecule has 0 aromatic carbocycles. The van der Waals surface area contributed by atoms with E-state index in [2.05, 4.69) is 16.3 Å². The highest BCUT2D eigenvalue weighted by molar-refractivity contribution is 6.35. The Bertz CT molecular complexity index is 810. The van der Waals surface area contributed by atoms with Gasteiger partial charge in [0.15, 0.2) is 0 Å². The molecule has 1 aromatic heterocycles. The first-order valence-electron chi connectivity index (χ1n) is 10.3. The molecule has 1 fully saturated rings. The molecule has 1 aliphatic heterocycles. The van der Waals surface area contributed by atoms with Gasteiger partial charge < -0.3 is 19.9 Å². The van der Waals surface area contributed by atoms with Gasteiger partial charge in [-0.2, -0.15) is 5.26 Å². The van der Waals surface area contributed by atoms with Crippen LogP contribution < -0.4 is 10.2 Å². The van der Waals surface area contributed by atoms with E-state index in [0.717, 1.165) is 42.8 Å². The molecule has 2 heterocycles. The number of methoxy groups -OCH3 is 1. The van der Waals surface area contributed by atoms with Gasteiger partial charge in [-0.3, -0.25) is 9.59 Å². The molecule has 29 heavy (non-hydrogen) atoms. The minimum absolute atomic E-state index is 0.419.